The topological polar surface area (TPSA) is 92.1 Å². The van der Waals surface area contributed by atoms with Gasteiger partial charge in [-0.05, 0) is 32.9 Å². The first-order chi connectivity index (χ1) is 11.9. The lowest BCUT2D eigenvalue weighted by Gasteiger charge is -2.14. The Morgan fingerprint density at radius 2 is 2.24 bits per heavy atom. The summed E-state index contributed by atoms with van der Waals surface area (Å²) >= 11 is 2.72. The summed E-state index contributed by atoms with van der Waals surface area (Å²) in [5.41, 5.74) is 1.31. The Labute approximate surface area is 154 Å². The molecule has 2 aromatic rings. The van der Waals surface area contributed by atoms with Crippen molar-refractivity contribution in [1.29, 1.82) is 5.26 Å². The molecule has 0 aliphatic heterocycles. The molecule has 0 radical (unpaired) electrons. The number of benzene rings is 1. The largest absolute Gasteiger partial charge is 0.481 e. The highest BCUT2D eigenvalue weighted by atomic mass is 32.2. The van der Waals surface area contributed by atoms with Crippen molar-refractivity contribution in [2.75, 3.05) is 11.1 Å². The van der Waals surface area contributed by atoms with Gasteiger partial charge in [0.1, 0.15) is 5.75 Å². The molecule has 6 nitrogen and oxygen atoms in total. The summed E-state index contributed by atoms with van der Waals surface area (Å²) in [6.45, 7) is 4.93. The molecular weight excluding hydrogens is 358 g/mol. The standard InChI is InChI=1S/C17H17N3O3S2/c1-10-16(24-8-7-18)25-17(19-10)20-15(22)12(3)23-14-6-4-5-13(9-14)11(2)21/h4-6,9,12H,8H2,1-3H3,(H,19,20,22). The van der Waals surface area contributed by atoms with Gasteiger partial charge in [0, 0.05) is 5.56 Å². The van der Waals surface area contributed by atoms with Crippen LogP contribution in [0, 0.1) is 18.3 Å². The minimum absolute atomic E-state index is 0.0665. The minimum atomic E-state index is -0.748. The average molecular weight is 375 g/mol. The molecule has 1 unspecified atom stereocenters. The van der Waals surface area contributed by atoms with E-state index in [1.165, 1.54) is 30.0 Å². The van der Waals surface area contributed by atoms with Crippen LogP contribution in [-0.2, 0) is 4.79 Å². The van der Waals surface area contributed by atoms with Crippen molar-refractivity contribution in [3.8, 4) is 11.8 Å². The molecule has 1 atom stereocenters. The molecule has 1 N–H and O–H groups in total. The number of Topliss-reactive ketones (excluding diaryl/α,β-unsaturated/α-hetero) is 1. The van der Waals surface area contributed by atoms with Crippen LogP contribution in [-0.4, -0.2) is 28.5 Å². The van der Waals surface area contributed by atoms with Crippen LogP contribution >= 0.6 is 23.1 Å². The molecule has 1 heterocycles. The molecule has 0 aliphatic carbocycles. The van der Waals surface area contributed by atoms with Crippen LogP contribution in [0.2, 0.25) is 0 Å². The molecular formula is C17H17N3O3S2. The number of ketones is 1. The number of thioether (sulfide) groups is 1. The van der Waals surface area contributed by atoms with Gasteiger partial charge < -0.3 is 4.74 Å². The molecule has 0 saturated heterocycles. The summed E-state index contributed by atoms with van der Waals surface area (Å²) in [5.74, 6) is 0.389. The maximum absolute atomic E-state index is 12.3. The Morgan fingerprint density at radius 1 is 1.48 bits per heavy atom. The first-order valence-electron chi connectivity index (χ1n) is 7.46. The fourth-order valence-electron chi connectivity index (χ4n) is 1.92. The number of anilines is 1. The Morgan fingerprint density at radius 3 is 2.92 bits per heavy atom. The van der Waals surface area contributed by atoms with E-state index in [-0.39, 0.29) is 11.7 Å². The van der Waals surface area contributed by atoms with Gasteiger partial charge in [-0.3, -0.25) is 14.9 Å². The van der Waals surface area contributed by atoms with E-state index < -0.39 is 6.10 Å². The Balaban J connectivity index is 2.00. The van der Waals surface area contributed by atoms with Crippen molar-refractivity contribution in [2.45, 2.75) is 31.1 Å². The summed E-state index contributed by atoms with van der Waals surface area (Å²) < 4.78 is 6.51. The van der Waals surface area contributed by atoms with Gasteiger partial charge in [-0.25, -0.2) is 4.98 Å². The number of carbonyl (C=O) groups excluding carboxylic acids is 2. The average Bonchev–Trinajstić information content (AvgIpc) is 2.92. The number of aryl methyl sites for hydroxylation is 1. The SMILES string of the molecule is CC(=O)c1cccc(OC(C)C(=O)Nc2nc(C)c(SCC#N)s2)c1. The number of hydrogen-bond donors (Lipinski definition) is 1. The first-order valence-corrected chi connectivity index (χ1v) is 9.26. The van der Waals surface area contributed by atoms with Gasteiger partial charge in [0.05, 0.1) is 21.7 Å². The number of ether oxygens (including phenoxy) is 1. The Bertz CT molecular complexity index is 827. The summed E-state index contributed by atoms with van der Waals surface area (Å²) in [6.07, 6.45) is -0.748. The van der Waals surface area contributed by atoms with Crippen molar-refractivity contribution < 1.29 is 14.3 Å². The van der Waals surface area contributed by atoms with Crippen LogP contribution in [0.3, 0.4) is 0 Å². The number of rotatable bonds is 7. The van der Waals surface area contributed by atoms with Gasteiger partial charge in [-0.1, -0.05) is 35.2 Å². The van der Waals surface area contributed by atoms with Gasteiger partial charge in [0.15, 0.2) is 17.0 Å². The highest BCUT2D eigenvalue weighted by molar-refractivity contribution is 8.01. The molecule has 0 spiro atoms. The molecule has 0 bridgehead atoms. The zero-order valence-electron chi connectivity index (χ0n) is 14.0. The van der Waals surface area contributed by atoms with Crippen molar-refractivity contribution in [1.82, 2.24) is 4.98 Å². The molecule has 1 aromatic carbocycles. The molecule has 0 saturated carbocycles. The zero-order chi connectivity index (χ0) is 18.4. The fourth-order valence-corrected chi connectivity index (χ4v) is 3.72. The predicted molar refractivity (Wildman–Crippen MR) is 98.4 cm³/mol. The van der Waals surface area contributed by atoms with E-state index in [0.29, 0.717) is 22.2 Å². The molecule has 25 heavy (non-hydrogen) atoms. The van der Waals surface area contributed by atoms with E-state index in [4.69, 9.17) is 10.00 Å². The van der Waals surface area contributed by atoms with Gasteiger partial charge in [0.25, 0.3) is 5.91 Å². The summed E-state index contributed by atoms with van der Waals surface area (Å²) in [4.78, 5) is 28.0. The van der Waals surface area contributed by atoms with E-state index in [2.05, 4.69) is 16.4 Å². The lowest BCUT2D eigenvalue weighted by atomic mass is 10.1. The van der Waals surface area contributed by atoms with Gasteiger partial charge in [-0.2, -0.15) is 5.26 Å². The summed E-state index contributed by atoms with van der Waals surface area (Å²) in [5, 5.41) is 11.8. The highest BCUT2D eigenvalue weighted by Gasteiger charge is 2.18. The number of nitriles is 1. The second-order valence-electron chi connectivity index (χ2n) is 5.17. The molecule has 130 valence electrons. The van der Waals surface area contributed by atoms with Crippen LogP contribution in [0.25, 0.3) is 0 Å². The molecule has 0 fully saturated rings. The number of nitrogens with zero attached hydrogens (tertiary/aromatic N) is 2. The van der Waals surface area contributed by atoms with Crippen molar-refractivity contribution in [3.05, 3.63) is 35.5 Å². The maximum atomic E-state index is 12.3. The lowest BCUT2D eigenvalue weighted by Crippen LogP contribution is -2.30. The monoisotopic (exact) mass is 375 g/mol. The maximum Gasteiger partial charge on any atom is 0.266 e. The number of carbonyl (C=O) groups is 2. The van der Waals surface area contributed by atoms with Crippen molar-refractivity contribution in [3.63, 3.8) is 0 Å². The third-order valence-electron chi connectivity index (χ3n) is 3.17. The molecule has 1 aromatic heterocycles. The van der Waals surface area contributed by atoms with Crippen LogP contribution in [0.5, 0.6) is 5.75 Å². The highest BCUT2D eigenvalue weighted by Crippen LogP contribution is 2.31. The first kappa shape index (κ1) is 19.0. The second-order valence-corrected chi connectivity index (χ2v) is 7.42. The quantitative estimate of drug-likeness (QED) is 0.586. The Hall–Kier alpha value is -2.37. The van der Waals surface area contributed by atoms with Gasteiger partial charge in [-0.15, -0.1) is 0 Å². The predicted octanol–water partition coefficient (Wildman–Crippen LogP) is 3.68. The number of hydrogen-bond acceptors (Lipinski definition) is 7. The van der Waals surface area contributed by atoms with E-state index in [1.54, 1.807) is 31.2 Å². The number of nitrogens with one attached hydrogen (secondary N) is 1. The molecule has 8 heteroatoms. The van der Waals surface area contributed by atoms with E-state index in [9.17, 15) is 9.59 Å². The van der Waals surface area contributed by atoms with Crippen LogP contribution in [0.1, 0.15) is 29.9 Å². The lowest BCUT2D eigenvalue weighted by molar-refractivity contribution is -0.122. The summed E-state index contributed by atoms with van der Waals surface area (Å²) in [6, 6.07) is 8.77. The number of aromatic nitrogens is 1. The number of amides is 1. The third-order valence-corrected chi connectivity index (χ3v) is 5.48. The van der Waals surface area contributed by atoms with E-state index in [0.717, 1.165) is 9.90 Å². The van der Waals surface area contributed by atoms with Gasteiger partial charge >= 0.3 is 0 Å². The third kappa shape index (κ3) is 5.31. The smallest absolute Gasteiger partial charge is 0.266 e. The molecule has 1 amide bonds. The van der Waals surface area contributed by atoms with Crippen LogP contribution in [0.15, 0.2) is 28.5 Å². The normalized spacial score (nSPS) is 11.4. The van der Waals surface area contributed by atoms with Crippen LogP contribution < -0.4 is 10.1 Å². The Kier molecular flexibility index (Phi) is 6.56. The van der Waals surface area contributed by atoms with Crippen molar-refractivity contribution >= 4 is 39.9 Å². The van der Waals surface area contributed by atoms with E-state index >= 15 is 0 Å². The molecule has 2 rings (SSSR count). The second kappa shape index (κ2) is 8.65. The summed E-state index contributed by atoms with van der Waals surface area (Å²) in [7, 11) is 0. The van der Waals surface area contributed by atoms with Gasteiger partial charge in [0.2, 0.25) is 0 Å². The van der Waals surface area contributed by atoms with Crippen LogP contribution in [0.4, 0.5) is 5.13 Å². The number of thiazole rings is 1. The fraction of sp³-hybridized carbons (Fsp3) is 0.294. The molecule has 0 aliphatic rings. The van der Waals surface area contributed by atoms with Crippen molar-refractivity contribution in [2.24, 2.45) is 0 Å². The zero-order valence-corrected chi connectivity index (χ0v) is 15.7. The van der Waals surface area contributed by atoms with E-state index in [1.807, 2.05) is 6.92 Å². The minimum Gasteiger partial charge on any atom is -0.481 e.